The molecule has 0 aliphatic heterocycles. The van der Waals surface area contributed by atoms with Crippen LogP contribution in [0.25, 0.3) is 0 Å². The fourth-order valence-electron chi connectivity index (χ4n) is 2.20. The van der Waals surface area contributed by atoms with Crippen molar-refractivity contribution in [2.24, 2.45) is 11.7 Å². The first-order valence-electron chi connectivity index (χ1n) is 6.28. The van der Waals surface area contributed by atoms with Gasteiger partial charge in [0.2, 0.25) is 0 Å². The summed E-state index contributed by atoms with van der Waals surface area (Å²) in [6.07, 6.45) is 5.35. The molecule has 1 aliphatic rings. The van der Waals surface area contributed by atoms with Gasteiger partial charge in [-0.25, -0.2) is 0 Å². The Hall–Kier alpha value is -0.470. The molecule has 2 rings (SSSR count). The zero-order chi connectivity index (χ0) is 11.4. The van der Waals surface area contributed by atoms with Crippen molar-refractivity contribution in [1.82, 2.24) is 0 Å². The van der Waals surface area contributed by atoms with E-state index >= 15 is 0 Å². The minimum atomic E-state index is 0.242. The van der Waals surface area contributed by atoms with E-state index in [0.29, 0.717) is 0 Å². The number of thioether (sulfide) groups is 1. The fraction of sp³-hybridized carbons (Fsp3) is 0.571. The van der Waals surface area contributed by atoms with Crippen LogP contribution < -0.4 is 5.73 Å². The van der Waals surface area contributed by atoms with Crippen LogP contribution in [0.1, 0.15) is 44.2 Å². The highest BCUT2D eigenvalue weighted by molar-refractivity contribution is 7.99. The van der Waals surface area contributed by atoms with E-state index in [-0.39, 0.29) is 6.04 Å². The van der Waals surface area contributed by atoms with Crippen molar-refractivity contribution in [2.75, 3.05) is 5.75 Å². The van der Waals surface area contributed by atoms with Gasteiger partial charge in [-0.05, 0) is 35.8 Å². The first-order chi connectivity index (χ1) is 7.79. The zero-order valence-corrected chi connectivity index (χ0v) is 10.8. The van der Waals surface area contributed by atoms with Gasteiger partial charge in [0.1, 0.15) is 0 Å². The largest absolute Gasteiger partial charge is 0.324 e. The van der Waals surface area contributed by atoms with Gasteiger partial charge in [-0.15, -0.1) is 11.8 Å². The number of hydrogen-bond donors (Lipinski definition) is 1. The molecule has 1 aliphatic carbocycles. The summed E-state index contributed by atoms with van der Waals surface area (Å²) in [6, 6.07) is 9.03. The van der Waals surface area contributed by atoms with Gasteiger partial charge in [0, 0.05) is 10.9 Å². The molecule has 1 fully saturated rings. The Bertz CT molecular complexity index is 316. The molecule has 1 unspecified atom stereocenters. The first-order valence-corrected chi connectivity index (χ1v) is 7.26. The Morgan fingerprint density at radius 2 is 2.00 bits per heavy atom. The van der Waals surface area contributed by atoms with Gasteiger partial charge in [0.15, 0.2) is 0 Å². The smallest absolute Gasteiger partial charge is 0.0297 e. The van der Waals surface area contributed by atoms with Crippen LogP contribution in [0.3, 0.4) is 0 Å². The molecule has 1 aromatic carbocycles. The lowest BCUT2D eigenvalue weighted by Crippen LogP contribution is -2.19. The summed E-state index contributed by atoms with van der Waals surface area (Å²) in [5.41, 5.74) is 7.52. The second-order valence-corrected chi connectivity index (χ2v) is 5.98. The van der Waals surface area contributed by atoms with Crippen molar-refractivity contribution in [1.29, 1.82) is 0 Å². The first kappa shape index (κ1) is 12.0. The minimum Gasteiger partial charge on any atom is -0.324 e. The van der Waals surface area contributed by atoms with Crippen LogP contribution in [0.4, 0.5) is 0 Å². The highest BCUT2D eigenvalue weighted by atomic mass is 32.2. The summed E-state index contributed by atoms with van der Waals surface area (Å²) < 4.78 is 0. The molecule has 0 heterocycles. The van der Waals surface area contributed by atoms with Crippen molar-refractivity contribution in [3.63, 3.8) is 0 Å². The Balaban J connectivity index is 1.91. The lowest BCUT2D eigenvalue weighted by Gasteiger charge is -2.28. The van der Waals surface area contributed by atoms with Crippen LogP contribution in [-0.2, 0) is 0 Å². The van der Waals surface area contributed by atoms with Crippen molar-refractivity contribution in [3.05, 3.63) is 29.8 Å². The van der Waals surface area contributed by atoms with Crippen molar-refractivity contribution in [3.8, 4) is 0 Å². The van der Waals surface area contributed by atoms with E-state index in [9.17, 15) is 0 Å². The van der Waals surface area contributed by atoms with Crippen molar-refractivity contribution in [2.45, 2.75) is 43.5 Å². The Kier molecular flexibility index (Phi) is 4.30. The van der Waals surface area contributed by atoms with E-state index in [1.54, 1.807) is 0 Å². The van der Waals surface area contributed by atoms with E-state index in [1.165, 1.54) is 36.1 Å². The average molecular weight is 235 g/mol. The van der Waals surface area contributed by atoms with Crippen LogP contribution in [-0.4, -0.2) is 5.75 Å². The lowest BCUT2D eigenvalue weighted by atomic mass is 9.80. The minimum absolute atomic E-state index is 0.242. The molecule has 0 radical (unpaired) electrons. The summed E-state index contributed by atoms with van der Waals surface area (Å²) in [5.74, 6) is 2.02. The van der Waals surface area contributed by atoms with E-state index in [4.69, 9.17) is 5.73 Å². The van der Waals surface area contributed by atoms with Crippen molar-refractivity contribution >= 4 is 11.8 Å². The normalized spacial score (nSPS) is 18.1. The molecule has 2 heteroatoms. The molecular formula is C14H21NS. The Morgan fingerprint density at radius 1 is 1.31 bits per heavy atom. The highest BCUT2D eigenvalue weighted by Crippen LogP contribution is 2.34. The maximum Gasteiger partial charge on any atom is 0.0297 e. The molecule has 1 aromatic rings. The summed E-state index contributed by atoms with van der Waals surface area (Å²) in [7, 11) is 0. The van der Waals surface area contributed by atoms with Gasteiger partial charge in [0.05, 0.1) is 0 Å². The standard InChI is InChI=1S/C14H21NS/c1-2-16-13-8-6-12(7-9-13)14(15)10-11-4-3-5-11/h6-9,11,14H,2-5,10,15H2,1H3. The van der Waals surface area contributed by atoms with Gasteiger partial charge < -0.3 is 5.73 Å². The molecule has 16 heavy (non-hydrogen) atoms. The molecule has 0 spiro atoms. The van der Waals surface area contributed by atoms with Crippen LogP contribution in [0.5, 0.6) is 0 Å². The third-order valence-electron chi connectivity index (χ3n) is 3.43. The maximum absolute atomic E-state index is 6.22. The molecule has 0 amide bonds. The molecule has 2 N–H and O–H groups in total. The second-order valence-electron chi connectivity index (χ2n) is 4.64. The molecule has 88 valence electrons. The van der Waals surface area contributed by atoms with Crippen LogP contribution in [0.15, 0.2) is 29.2 Å². The maximum atomic E-state index is 6.22. The van der Waals surface area contributed by atoms with E-state index in [0.717, 1.165) is 11.7 Å². The lowest BCUT2D eigenvalue weighted by molar-refractivity contribution is 0.277. The van der Waals surface area contributed by atoms with Gasteiger partial charge in [-0.2, -0.15) is 0 Å². The zero-order valence-electron chi connectivity index (χ0n) is 9.99. The van der Waals surface area contributed by atoms with Crippen LogP contribution >= 0.6 is 11.8 Å². The number of benzene rings is 1. The van der Waals surface area contributed by atoms with E-state index in [1.807, 2.05) is 11.8 Å². The molecule has 1 nitrogen and oxygen atoms in total. The Labute approximate surface area is 103 Å². The molecule has 1 saturated carbocycles. The van der Waals surface area contributed by atoms with Gasteiger partial charge in [-0.1, -0.05) is 38.3 Å². The number of hydrogen-bond acceptors (Lipinski definition) is 2. The van der Waals surface area contributed by atoms with Crippen LogP contribution in [0, 0.1) is 5.92 Å². The summed E-state index contributed by atoms with van der Waals surface area (Å²) in [6.45, 7) is 2.18. The number of nitrogens with two attached hydrogens (primary N) is 1. The molecule has 0 saturated heterocycles. The third kappa shape index (κ3) is 3.02. The van der Waals surface area contributed by atoms with Crippen LogP contribution in [0.2, 0.25) is 0 Å². The van der Waals surface area contributed by atoms with Crippen molar-refractivity contribution < 1.29 is 0 Å². The fourth-order valence-corrected chi connectivity index (χ4v) is 2.86. The average Bonchev–Trinajstić information content (AvgIpc) is 2.25. The highest BCUT2D eigenvalue weighted by Gasteiger charge is 2.20. The quantitative estimate of drug-likeness (QED) is 0.781. The van der Waals surface area contributed by atoms with E-state index in [2.05, 4.69) is 31.2 Å². The molecule has 0 aromatic heterocycles. The topological polar surface area (TPSA) is 26.0 Å². The second kappa shape index (κ2) is 5.74. The van der Waals surface area contributed by atoms with E-state index < -0.39 is 0 Å². The predicted molar refractivity (Wildman–Crippen MR) is 71.7 cm³/mol. The molecular weight excluding hydrogens is 214 g/mol. The van der Waals surface area contributed by atoms with Gasteiger partial charge in [-0.3, -0.25) is 0 Å². The number of rotatable bonds is 5. The third-order valence-corrected chi connectivity index (χ3v) is 4.33. The monoisotopic (exact) mass is 235 g/mol. The molecule has 0 bridgehead atoms. The molecule has 1 atom stereocenters. The van der Waals surface area contributed by atoms with Gasteiger partial charge >= 0.3 is 0 Å². The Morgan fingerprint density at radius 3 is 2.50 bits per heavy atom. The SMILES string of the molecule is CCSc1ccc(C(N)CC2CCC2)cc1. The summed E-state index contributed by atoms with van der Waals surface area (Å²) in [5, 5.41) is 0. The van der Waals surface area contributed by atoms with Gasteiger partial charge in [0.25, 0.3) is 0 Å². The predicted octanol–water partition coefficient (Wildman–Crippen LogP) is 3.99. The summed E-state index contributed by atoms with van der Waals surface area (Å²) in [4.78, 5) is 1.35. The summed E-state index contributed by atoms with van der Waals surface area (Å²) >= 11 is 1.88.